The van der Waals surface area contributed by atoms with Gasteiger partial charge in [0.2, 0.25) is 0 Å². The molecule has 10 heavy (non-hydrogen) atoms. The molecule has 0 amide bonds. The van der Waals surface area contributed by atoms with Crippen molar-refractivity contribution in [1.82, 2.24) is 0 Å². The van der Waals surface area contributed by atoms with Crippen molar-refractivity contribution in [3.05, 3.63) is 0 Å². The van der Waals surface area contributed by atoms with Crippen molar-refractivity contribution < 1.29 is 9.53 Å². The number of ether oxygens (including phenoxy) is 1. The van der Waals surface area contributed by atoms with Crippen LogP contribution in [0.2, 0.25) is 0 Å². The van der Waals surface area contributed by atoms with Crippen LogP contribution in [0.4, 0.5) is 4.79 Å². The van der Waals surface area contributed by atoms with Gasteiger partial charge in [-0.25, -0.2) is 4.79 Å². The molecule has 0 fully saturated rings. The third-order valence-corrected chi connectivity index (χ3v) is 1.98. The zero-order valence-electron chi connectivity index (χ0n) is 6.61. The molecule has 0 N–H and O–H groups in total. The largest absolute Gasteiger partial charge is 0.451 e. The summed E-state index contributed by atoms with van der Waals surface area (Å²) in [6.45, 7) is 5.92. The van der Waals surface area contributed by atoms with Gasteiger partial charge in [0.1, 0.15) is 5.60 Å². The lowest BCUT2D eigenvalue weighted by Crippen LogP contribution is -2.27. The number of hydrogen-bond acceptors (Lipinski definition) is 2. The van der Waals surface area contributed by atoms with E-state index < -0.39 is 0 Å². The second kappa shape index (κ2) is 3.96. The number of carbonyl (C=O) groups is 1. The maximum Gasteiger partial charge on any atom is 0.375 e. The van der Waals surface area contributed by atoms with Crippen LogP contribution >= 0.6 is 15.9 Å². The van der Waals surface area contributed by atoms with Crippen molar-refractivity contribution in [2.24, 2.45) is 0 Å². The van der Waals surface area contributed by atoms with Gasteiger partial charge < -0.3 is 4.74 Å². The minimum Gasteiger partial charge on any atom is -0.451 e. The molecule has 0 aliphatic heterocycles. The van der Waals surface area contributed by atoms with Crippen LogP contribution in [0.3, 0.4) is 0 Å². The number of hydrogen-bond donors (Lipinski definition) is 0. The Labute approximate surface area is 70.1 Å². The Morgan fingerprint density at radius 3 is 2.00 bits per heavy atom. The highest BCUT2D eigenvalue weighted by molar-refractivity contribution is 9.18. The highest BCUT2D eigenvalue weighted by Crippen LogP contribution is 2.20. The molecule has 0 rings (SSSR count). The Balaban J connectivity index is 3.92. The van der Waals surface area contributed by atoms with E-state index in [-0.39, 0.29) is 10.5 Å². The summed E-state index contributed by atoms with van der Waals surface area (Å²) in [5, 5.41) is 0. The van der Waals surface area contributed by atoms with Crippen LogP contribution in [-0.4, -0.2) is 10.5 Å². The normalized spacial score (nSPS) is 11.2. The average Bonchev–Trinajstić information content (AvgIpc) is 1.87. The molecule has 0 spiro atoms. The zero-order valence-corrected chi connectivity index (χ0v) is 8.19. The molecule has 0 heterocycles. The van der Waals surface area contributed by atoms with Gasteiger partial charge in [0.05, 0.1) is 0 Å². The van der Waals surface area contributed by atoms with Crippen LogP contribution in [-0.2, 0) is 4.74 Å². The first-order valence-corrected chi connectivity index (χ1v) is 4.22. The van der Waals surface area contributed by atoms with Gasteiger partial charge in [0.25, 0.3) is 0 Å². The fourth-order valence-corrected chi connectivity index (χ4v) is 0.979. The Morgan fingerprint density at radius 1 is 1.50 bits per heavy atom. The lowest BCUT2D eigenvalue weighted by Gasteiger charge is -2.25. The van der Waals surface area contributed by atoms with E-state index >= 15 is 0 Å². The van der Waals surface area contributed by atoms with Crippen LogP contribution in [0.5, 0.6) is 0 Å². The van der Waals surface area contributed by atoms with Crippen LogP contribution in [0.25, 0.3) is 0 Å². The van der Waals surface area contributed by atoms with E-state index in [2.05, 4.69) is 15.9 Å². The summed E-state index contributed by atoms with van der Waals surface area (Å²) in [6, 6.07) is 0. The molecule has 0 aromatic rings. The molecule has 3 heteroatoms. The summed E-state index contributed by atoms with van der Waals surface area (Å²) in [5.74, 6) is 0. The zero-order chi connectivity index (χ0) is 8.20. The summed E-state index contributed by atoms with van der Waals surface area (Å²) < 4.78 is 5.01. The molecule has 0 aliphatic rings. The van der Waals surface area contributed by atoms with Crippen molar-refractivity contribution in [3.8, 4) is 0 Å². The van der Waals surface area contributed by atoms with Gasteiger partial charge in [-0.2, -0.15) is 0 Å². The molecule has 0 saturated carbocycles. The van der Waals surface area contributed by atoms with Gasteiger partial charge in [0.15, 0.2) is 0 Å². The quantitative estimate of drug-likeness (QED) is 0.667. The Hall–Kier alpha value is -0.0500. The molecule has 0 saturated heterocycles. The van der Waals surface area contributed by atoms with E-state index in [1.807, 2.05) is 20.8 Å². The molecule has 0 atom stereocenters. The lowest BCUT2D eigenvalue weighted by atomic mass is 10.0. The van der Waals surface area contributed by atoms with Crippen molar-refractivity contribution >= 4 is 20.8 Å². The van der Waals surface area contributed by atoms with Gasteiger partial charge in [-0.15, -0.1) is 0 Å². The van der Waals surface area contributed by atoms with Crippen LogP contribution < -0.4 is 0 Å². The smallest absolute Gasteiger partial charge is 0.375 e. The monoisotopic (exact) mass is 208 g/mol. The Morgan fingerprint density at radius 2 is 1.90 bits per heavy atom. The first-order valence-electron chi connectivity index (χ1n) is 3.42. The Kier molecular flexibility index (Phi) is 3.94. The minimum absolute atomic E-state index is 0.291. The van der Waals surface area contributed by atoms with Crippen molar-refractivity contribution in [1.29, 1.82) is 0 Å². The summed E-state index contributed by atoms with van der Waals surface area (Å²) in [6.07, 6.45) is 1.70. The standard InChI is InChI=1S/C7H13BrO2/c1-4-7(3,5-2)10-6(8)9/h4-5H2,1-3H3. The predicted octanol–water partition coefficient (Wildman–Crippen LogP) is 3.10. The van der Waals surface area contributed by atoms with Crippen LogP contribution in [0.15, 0.2) is 0 Å². The van der Waals surface area contributed by atoms with Gasteiger partial charge >= 0.3 is 4.88 Å². The average molecular weight is 209 g/mol. The third-order valence-electron chi connectivity index (χ3n) is 1.82. The molecular weight excluding hydrogens is 196 g/mol. The molecule has 2 nitrogen and oxygen atoms in total. The molecule has 0 aliphatic carbocycles. The van der Waals surface area contributed by atoms with E-state index in [1.165, 1.54) is 0 Å². The maximum atomic E-state index is 10.5. The number of rotatable bonds is 3. The summed E-state index contributed by atoms with van der Waals surface area (Å²) >= 11 is 2.73. The van der Waals surface area contributed by atoms with Gasteiger partial charge in [-0.1, -0.05) is 13.8 Å². The van der Waals surface area contributed by atoms with Gasteiger partial charge in [-0.3, -0.25) is 0 Å². The van der Waals surface area contributed by atoms with E-state index in [0.29, 0.717) is 0 Å². The number of halogens is 1. The van der Waals surface area contributed by atoms with Crippen molar-refractivity contribution in [2.75, 3.05) is 0 Å². The first-order chi connectivity index (χ1) is 4.54. The first kappa shape index (κ1) is 9.95. The van der Waals surface area contributed by atoms with E-state index in [0.717, 1.165) is 12.8 Å². The molecular formula is C7H13BrO2. The third kappa shape index (κ3) is 3.20. The highest BCUT2D eigenvalue weighted by Gasteiger charge is 2.22. The molecule has 0 unspecified atom stereocenters. The van der Waals surface area contributed by atoms with E-state index in [4.69, 9.17) is 4.74 Å². The second-order valence-corrected chi connectivity index (χ2v) is 3.14. The van der Waals surface area contributed by atoms with Gasteiger partial charge in [0, 0.05) is 15.9 Å². The lowest BCUT2D eigenvalue weighted by molar-refractivity contribution is 0.0377. The molecule has 0 radical (unpaired) electrons. The Bertz CT molecular complexity index is 119. The van der Waals surface area contributed by atoms with Crippen molar-refractivity contribution in [3.63, 3.8) is 0 Å². The second-order valence-electron chi connectivity index (χ2n) is 2.50. The number of carbonyl (C=O) groups excluding carboxylic acids is 1. The predicted molar refractivity (Wildman–Crippen MR) is 44.4 cm³/mol. The highest BCUT2D eigenvalue weighted by atomic mass is 79.9. The summed E-state index contributed by atoms with van der Waals surface area (Å²) in [4.78, 5) is 10.1. The SMILES string of the molecule is CCC(C)(CC)OC(=O)Br. The minimum atomic E-state index is -0.376. The molecule has 0 aromatic carbocycles. The molecule has 0 bridgehead atoms. The molecule has 60 valence electrons. The van der Waals surface area contributed by atoms with Crippen LogP contribution in [0.1, 0.15) is 33.6 Å². The van der Waals surface area contributed by atoms with Crippen LogP contribution in [0, 0.1) is 0 Å². The van der Waals surface area contributed by atoms with Gasteiger partial charge in [-0.05, 0) is 19.8 Å². The van der Waals surface area contributed by atoms with Crippen molar-refractivity contribution in [2.45, 2.75) is 39.2 Å². The fourth-order valence-electron chi connectivity index (χ4n) is 0.588. The fraction of sp³-hybridized carbons (Fsp3) is 0.857. The topological polar surface area (TPSA) is 26.3 Å². The maximum absolute atomic E-state index is 10.5. The van der Waals surface area contributed by atoms with E-state index in [9.17, 15) is 4.79 Å². The van der Waals surface area contributed by atoms with E-state index in [1.54, 1.807) is 0 Å². The summed E-state index contributed by atoms with van der Waals surface area (Å²) in [7, 11) is 0. The summed E-state index contributed by atoms with van der Waals surface area (Å²) in [5.41, 5.74) is -0.291. The molecule has 0 aromatic heterocycles.